The quantitative estimate of drug-likeness (QED) is 0.385. The van der Waals surface area contributed by atoms with Gasteiger partial charge in [0.05, 0.1) is 34.5 Å². The van der Waals surface area contributed by atoms with Crippen LogP contribution in [0.2, 0.25) is 0 Å². The normalized spacial score (nSPS) is 11.5. The lowest BCUT2D eigenvalue weighted by molar-refractivity contribution is 0.0317. The first-order valence-corrected chi connectivity index (χ1v) is 10.0. The van der Waals surface area contributed by atoms with E-state index >= 15 is 0 Å². The van der Waals surface area contributed by atoms with Crippen molar-refractivity contribution in [1.29, 1.82) is 0 Å². The summed E-state index contributed by atoms with van der Waals surface area (Å²) in [6.45, 7) is 0.272. The number of rotatable bonds is 10. The average molecular weight is 421 g/mol. The molecule has 3 aromatic rings. The van der Waals surface area contributed by atoms with E-state index in [2.05, 4.69) is 0 Å². The summed E-state index contributed by atoms with van der Waals surface area (Å²) in [5.41, 5.74) is 1.94. The van der Waals surface area contributed by atoms with E-state index in [1.807, 2.05) is 78.9 Å². The van der Waals surface area contributed by atoms with Crippen LogP contribution >= 0.6 is 0 Å². The lowest BCUT2D eigenvalue weighted by Crippen LogP contribution is -2.33. The molecule has 0 amide bonds. The number of aliphatic hydroxyl groups excluding tert-OH is 1. The molecule has 0 aliphatic rings. The molecule has 0 spiro atoms. The van der Waals surface area contributed by atoms with Crippen molar-refractivity contribution >= 4 is 0 Å². The molecule has 5 nitrogen and oxygen atoms in total. The molecule has 3 rings (SSSR count). The van der Waals surface area contributed by atoms with Gasteiger partial charge in [0.15, 0.2) is 0 Å². The summed E-state index contributed by atoms with van der Waals surface area (Å²) in [6.07, 6.45) is 3.48. The van der Waals surface area contributed by atoms with Crippen molar-refractivity contribution in [1.82, 2.24) is 0 Å². The van der Waals surface area contributed by atoms with Gasteiger partial charge in [-0.3, -0.25) is 0 Å². The van der Waals surface area contributed by atoms with Crippen LogP contribution in [0, 0.1) is 0 Å². The van der Waals surface area contributed by atoms with Gasteiger partial charge >= 0.3 is 0 Å². The molecule has 0 radical (unpaired) electrons. The van der Waals surface area contributed by atoms with Gasteiger partial charge in [-0.15, -0.1) is 0 Å². The maximum Gasteiger partial charge on any atom is 0.144 e. The Kier molecular flexibility index (Phi) is 7.70. The van der Waals surface area contributed by atoms with Gasteiger partial charge in [-0.1, -0.05) is 48.6 Å². The zero-order chi connectivity index (χ0) is 22.1. The summed E-state index contributed by atoms with van der Waals surface area (Å²) in [5, 5.41) is 9.14. The zero-order valence-electron chi connectivity index (χ0n) is 18.1. The molecule has 0 saturated carbocycles. The van der Waals surface area contributed by atoms with E-state index < -0.39 is 5.60 Å². The highest BCUT2D eigenvalue weighted by Gasteiger charge is 2.37. The molecule has 1 N–H and O–H groups in total. The van der Waals surface area contributed by atoms with Crippen molar-refractivity contribution < 1.29 is 24.1 Å². The van der Waals surface area contributed by atoms with Gasteiger partial charge in [-0.05, 0) is 53.1 Å². The van der Waals surface area contributed by atoms with Crippen LogP contribution in [0.1, 0.15) is 16.7 Å². The summed E-state index contributed by atoms with van der Waals surface area (Å²) in [4.78, 5) is 0. The highest BCUT2D eigenvalue weighted by molar-refractivity contribution is 5.50. The number of methoxy groups -OCH3 is 3. The standard InChI is InChI=1S/C26H28O5/c1-28-23-12-6-20(7-13-23)26(31-19-5-4-18-27,21-8-14-24(29-2)15-9-21)22-10-16-25(30-3)17-11-22/h4-17,27H,18-19H2,1-3H3/b5-4+. The number of hydrogen-bond donors (Lipinski definition) is 1. The maximum absolute atomic E-state index is 9.14. The zero-order valence-corrected chi connectivity index (χ0v) is 18.1. The largest absolute Gasteiger partial charge is 0.497 e. The Balaban J connectivity index is 2.21. The van der Waals surface area contributed by atoms with Gasteiger partial charge in [0.2, 0.25) is 0 Å². The SMILES string of the molecule is COc1ccc(C(OC/C=C/CO)(c2ccc(OC)cc2)c2ccc(OC)cc2)cc1. The predicted molar refractivity (Wildman–Crippen MR) is 121 cm³/mol. The minimum atomic E-state index is -0.898. The lowest BCUT2D eigenvalue weighted by atomic mass is 9.80. The number of aliphatic hydroxyl groups is 1. The first kappa shape index (κ1) is 22.4. The Morgan fingerprint density at radius 1 is 0.613 bits per heavy atom. The summed E-state index contributed by atoms with van der Waals surface area (Å²) in [5.74, 6) is 2.30. The van der Waals surface area contributed by atoms with Crippen molar-refractivity contribution in [3.8, 4) is 17.2 Å². The Morgan fingerprint density at radius 2 is 0.968 bits per heavy atom. The van der Waals surface area contributed by atoms with Gasteiger partial charge in [0.1, 0.15) is 22.8 Å². The van der Waals surface area contributed by atoms with Crippen LogP contribution in [0.25, 0.3) is 0 Å². The first-order valence-electron chi connectivity index (χ1n) is 10.0. The molecule has 0 fully saturated rings. The molecule has 0 bridgehead atoms. The Morgan fingerprint density at radius 3 is 1.26 bits per heavy atom. The molecule has 0 aliphatic heterocycles. The lowest BCUT2D eigenvalue weighted by Gasteiger charge is -2.36. The molecule has 0 aliphatic carbocycles. The van der Waals surface area contributed by atoms with Crippen LogP contribution in [-0.4, -0.2) is 39.6 Å². The van der Waals surface area contributed by atoms with Crippen LogP contribution in [0.15, 0.2) is 84.9 Å². The Labute approximate surface area is 183 Å². The molecule has 0 aromatic heterocycles. The second-order valence-corrected chi connectivity index (χ2v) is 6.83. The summed E-state index contributed by atoms with van der Waals surface area (Å²) < 4.78 is 22.7. The third kappa shape index (κ3) is 4.90. The number of ether oxygens (including phenoxy) is 4. The number of hydrogen-bond acceptors (Lipinski definition) is 5. The van der Waals surface area contributed by atoms with Crippen molar-refractivity contribution in [3.05, 3.63) is 102 Å². The molecule has 0 unspecified atom stereocenters. The fourth-order valence-corrected chi connectivity index (χ4v) is 3.54. The summed E-state index contributed by atoms with van der Waals surface area (Å²) in [6, 6.07) is 23.5. The maximum atomic E-state index is 9.14. The second kappa shape index (κ2) is 10.7. The smallest absolute Gasteiger partial charge is 0.144 e. The third-order valence-corrected chi connectivity index (χ3v) is 5.16. The molecule has 0 atom stereocenters. The number of benzene rings is 3. The van der Waals surface area contributed by atoms with Crippen molar-refractivity contribution in [2.24, 2.45) is 0 Å². The molecule has 31 heavy (non-hydrogen) atoms. The first-order chi connectivity index (χ1) is 15.2. The van der Waals surface area contributed by atoms with E-state index in [0.29, 0.717) is 6.61 Å². The highest BCUT2D eigenvalue weighted by Crippen LogP contribution is 2.42. The molecular formula is C26H28O5. The third-order valence-electron chi connectivity index (χ3n) is 5.16. The molecular weight excluding hydrogens is 392 g/mol. The van der Waals surface area contributed by atoms with Crippen LogP contribution in [0.3, 0.4) is 0 Å². The summed E-state index contributed by atoms with van der Waals surface area (Å²) >= 11 is 0. The van der Waals surface area contributed by atoms with Gasteiger partial charge in [-0.2, -0.15) is 0 Å². The fourth-order valence-electron chi connectivity index (χ4n) is 3.54. The van der Waals surface area contributed by atoms with Crippen LogP contribution < -0.4 is 14.2 Å². The monoisotopic (exact) mass is 420 g/mol. The fraction of sp³-hybridized carbons (Fsp3) is 0.231. The van der Waals surface area contributed by atoms with Gasteiger partial charge in [0.25, 0.3) is 0 Å². The van der Waals surface area contributed by atoms with E-state index in [-0.39, 0.29) is 6.61 Å². The second-order valence-electron chi connectivity index (χ2n) is 6.83. The predicted octanol–water partition coefficient (Wildman–Crippen LogP) is 4.57. The van der Waals surface area contributed by atoms with Gasteiger partial charge < -0.3 is 24.1 Å². The van der Waals surface area contributed by atoms with Gasteiger partial charge in [0, 0.05) is 0 Å². The van der Waals surface area contributed by atoms with E-state index in [4.69, 9.17) is 24.1 Å². The van der Waals surface area contributed by atoms with Gasteiger partial charge in [-0.25, -0.2) is 0 Å². The van der Waals surface area contributed by atoms with Crippen LogP contribution in [-0.2, 0) is 10.3 Å². The highest BCUT2D eigenvalue weighted by atomic mass is 16.5. The van der Waals surface area contributed by atoms with Crippen LogP contribution in [0.4, 0.5) is 0 Å². The van der Waals surface area contributed by atoms with E-state index in [0.717, 1.165) is 33.9 Å². The van der Waals surface area contributed by atoms with E-state index in [1.54, 1.807) is 27.4 Å². The molecule has 162 valence electrons. The molecule has 3 aromatic carbocycles. The van der Waals surface area contributed by atoms with Crippen molar-refractivity contribution in [3.63, 3.8) is 0 Å². The molecule has 0 saturated heterocycles. The minimum Gasteiger partial charge on any atom is -0.497 e. The van der Waals surface area contributed by atoms with Crippen LogP contribution in [0.5, 0.6) is 17.2 Å². The molecule has 5 heteroatoms. The van der Waals surface area contributed by atoms with Crippen molar-refractivity contribution in [2.75, 3.05) is 34.5 Å². The average Bonchev–Trinajstić information content (AvgIpc) is 2.85. The van der Waals surface area contributed by atoms with Crippen molar-refractivity contribution in [2.45, 2.75) is 5.60 Å². The van der Waals surface area contributed by atoms with E-state index in [1.165, 1.54) is 0 Å². The Bertz CT molecular complexity index is 845. The Hall–Kier alpha value is -3.28. The van der Waals surface area contributed by atoms with E-state index in [9.17, 15) is 0 Å². The summed E-state index contributed by atoms with van der Waals surface area (Å²) in [7, 11) is 4.93. The topological polar surface area (TPSA) is 57.2 Å². The minimum absolute atomic E-state index is 0.0377. The molecule has 0 heterocycles.